The van der Waals surface area contributed by atoms with Crippen LogP contribution in [0.4, 0.5) is 0 Å². The van der Waals surface area contributed by atoms with E-state index in [-0.39, 0.29) is 5.56 Å². The van der Waals surface area contributed by atoms with Gasteiger partial charge in [0.25, 0.3) is 5.56 Å². The largest absolute Gasteiger partial charge is 0.283 e. The maximum atomic E-state index is 12.4. The van der Waals surface area contributed by atoms with Crippen molar-refractivity contribution in [3.05, 3.63) is 70.0 Å². The summed E-state index contributed by atoms with van der Waals surface area (Å²) in [6.07, 6.45) is 0. The number of hydrogen-bond acceptors (Lipinski definition) is 4. The Balaban J connectivity index is 1.82. The molecule has 5 heteroatoms. The van der Waals surface area contributed by atoms with Crippen LogP contribution < -0.4 is 5.56 Å². The van der Waals surface area contributed by atoms with E-state index in [1.54, 1.807) is 12.1 Å². The number of benzene rings is 2. The van der Waals surface area contributed by atoms with Gasteiger partial charge >= 0.3 is 0 Å². The average molecular weight is 294 g/mol. The Bertz CT molecular complexity index is 856. The lowest BCUT2D eigenvalue weighted by Crippen LogP contribution is -2.32. The second-order valence-electron chi connectivity index (χ2n) is 5.49. The Morgan fingerprint density at radius 3 is 2.64 bits per heavy atom. The van der Waals surface area contributed by atoms with Crippen LogP contribution in [0, 0.1) is 6.92 Å². The summed E-state index contributed by atoms with van der Waals surface area (Å²) in [5.41, 5.74) is 3.01. The fraction of sp³-hybridized carbons (Fsp3) is 0.235. The van der Waals surface area contributed by atoms with Gasteiger partial charge in [0, 0.05) is 6.54 Å². The molecule has 0 radical (unpaired) electrons. The number of aromatic nitrogens is 3. The molecule has 112 valence electrons. The van der Waals surface area contributed by atoms with Crippen molar-refractivity contribution in [3.8, 4) is 0 Å². The van der Waals surface area contributed by atoms with Gasteiger partial charge in [-0.3, -0.25) is 9.69 Å². The van der Waals surface area contributed by atoms with Crippen LogP contribution in [-0.2, 0) is 13.2 Å². The van der Waals surface area contributed by atoms with Gasteiger partial charge in [0.2, 0.25) is 0 Å². The first kappa shape index (κ1) is 14.4. The molecule has 3 rings (SSSR count). The Hall–Kier alpha value is -2.53. The third-order valence-electron chi connectivity index (χ3n) is 3.71. The number of nitrogens with zero attached hydrogens (tertiary/aromatic N) is 4. The van der Waals surface area contributed by atoms with Crippen LogP contribution in [0.1, 0.15) is 11.1 Å². The van der Waals surface area contributed by atoms with Crippen LogP contribution >= 0.6 is 0 Å². The highest BCUT2D eigenvalue weighted by Gasteiger charge is 2.08. The van der Waals surface area contributed by atoms with Crippen LogP contribution in [0.2, 0.25) is 0 Å². The van der Waals surface area contributed by atoms with Crippen molar-refractivity contribution in [1.82, 2.24) is 19.9 Å². The quantitative estimate of drug-likeness (QED) is 0.740. The molecule has 3 aromatic rings. The molecule has 0 aliphatic carbocycles. The topological polar surface area (TPSA) is 51.0 Å². The predicted octanol–water partition coefficient (Wildman–Crippen LogP) is 2.19. The minimum absolute atomic E-state index is 0.109. The molecule has 22 heavy (non-hydrogen) atoms. The van der Waals surface area contributed by atoms with Crippen LogP contribution in [0.25, 0.3) is 10.9 Å². The Labute approximate surface area is 128 Å². The maximum absolute atomic E-state index is 12.4. The molecule has 0 saturated carbocycles. The van der Waals surface area contributed by atoms with Gasteiger partial charge in [0.1, 0.15) is 5.52 Å². The van der Waals surface area contributed by atoms with Gasteiger partial charge in [-0.25, -0.2) is 0 Å². The molecule has 0 aliphatic rings. The van der Waals surface area contributed by atoms with Gasteiger partial charge in [-0.1, -0.05) is 41.6 Å². The lowest BCUT2D eigenvalue weighted by molar-refractivity contribution is 0.236. The second kappa shape index (κ2) is 6.07. The standard InChI is InChI=1S/C17H18N4O/c1-13-7-3-4-8-14(13)11-20(2)12-21-17(22)15-9-5-6-10-16(15)18-19-21/h3-10H,11-12H2,1-2H3. The third kappa shape index (κ3) is 2.89. The third-order valence-corrected chi connectivity index (χ3v) is 3.71. The van der Waals surface area contributed by atoms with Gasteiger partial charge in [-0.05, 0) is 37.2 Å². The van der Waals surface area contributed by atoms with Gasteiger partial charge in [-0.15, -0.1) is 5.10 Å². The fourth-order valence-corrected chi connectivity index (χ4v) is 2.47. The molecule has 0 amide bonds. The van der Waals surface area contributed by atoms with Crippen molar-refractivity contribution in [2.45, 2.75) is 20.1 Å². The van der Waals surface area contributed by atoms with Crippen molar-refractivity contribution in [3.63, 3.8) is 0 Å². The summed E-state index contributed by atoms with van der Waals surface area (Å²) in [5.74, 6) is 0. The van der Waals surface area contributed by atoms with E-state index in [2.05, 4.69) is 29.4 Å². The number of rotatable bonds is 4. The molecule has 5 nitrogen and oxygen atoms in total. The number of hydrogen-bond donors (Lipinski definition) is 0. The zero-order chi connectivity index (χ0) is 15.5. The average Bonchev–Trinajstić information content (AvgIpc) is 2.53. The molecule has 0 saturated heterocycles. The maximum Gasteiger partial charge on any atom is 0.278 e. The van der Waals surface area contributed by atoms with E-state index in [4.69, 9.17) is 0 Å². The Morgan fingerprint density at radius 2 is 1.82 bits per heavy atom. The molecule has 0 bridgehead atoms. The van der Waals surface area contributed by atoms with Gasteiger partial charge in [0.15, 0.2) is 0 Å². The summed E-state index contributed by atoms with van der Waals surface area (Å²) in [7, 11) is 1.97. The zero-order valence-electron chi connectivity index (χ0n) is 12.7. The first-order valence-corrected chi connectivity index (χ1v) is 7.21. The van der Waals surface area contributed by atoms with Crippen molar-refractivity contribution in [2.75, 3.05) is 7.05 Å². The summed E-state index contributed by atoms with van der Waals surface area (Å²) < 4.78 is 1.40. The minimum atomic E-state index is -0.109. The van der Waals surface area contributed by atoms with Crippen LogP contribution in [0.3, 0.4) is 0 Å². The normalized spacial score (nSPS) is 11.2. The Morgan fingerprint density at radius 1 is 1.09 bits per heavy atom. The number of fused-ring (bicyclic) bond motifs is 1. The molecule has 0 aliphatic heterocycles. The second-order valence-corrected chi connectivity index (χ2v) is 5.49. The van der Waals surface area contributed by atoms with E-state index >= 15 is 0 Å². The molecule has 0 fully saturated rings. The van der Waals surface area contributed by atoms with E-state index in [0.717, 1.165) is 6.54 Å². The van der Waals surface area contributed by atoms with E-state index < -0.39 is 0 Å². The van der Waals surface area contributed by atoms with Crippen LogP contribution in [-0.4, -0.2) is 26.9 Å². The minimum Gasteiger partial charge on any atom is -0.283 e. The van der Waals surface area contributed by atoms with Crippen LogP contribution in [0.5, 0.6) is 0 Å². The van der Waals surface area contributed by atoms with Gasteiger partial charge in [0.05, 0.1) is 12.1 Å². The van der Waals surface area contributed by atoms with Crippen molar-refractivity contribution < 1.29 is 0 Å². The smallest absolute Gasteiger partial charge is 0.278 e. The van der Waals surface area contributed by atoms with E-state index in [0.29, 0.717) is 17.6 Å². The van der Waals surface area contributed by atoms with E-state index in [1.807, 2.05) is 36.2 Å². The summed E-state index contributed by atoms with van der Waals surface area (Å²) in [5, 5.41) is 8.73. The number of aryl methyl sites for hydroxylation is 1. The summed E-state index contributed by atoms with van der Waals surface area (Å²) in [4.78, 5) is 14.5. The SMILES string of the molecule is Cc1ccccc1CN(C)Cn1nnc2ccccc2c1=O. The molecule has 2 aromatic carbocycles. The van der Waals surface area contributed by atoms with Gasteiger partial charge < -0.3 is 0 Å². The van der Waals surface area contributed by atoms with Crippen molar-refractivity contribution in [1.29, 1.82) is 0 Å². The zero-order valence-corrected chi connectivity index (χ0v) is 12.7. The molecular weight excluding hydrogens is 276 g/mol. The first-order valence-electron chi connectivity index (χ1n) is 7.21. The van der Waals surface area contributed by atoms with E-state index in [1.165, 1.54) is 15.8 Å². The monoisotopic (exact) mass is 294 g/mol. The lowest BCUT2D eigenvalue weighted by Gasteiger charge is -2.18. The highest BCUT2D eigenvalue weighted by Crippen LogP contribution is 2.10. The highest BCUT2D eigenvalue weighted by molar-refractivity contribution is 5.76. The van der Waals surface area contributed by atoms with Gasteiger partial charge in [-0.2, -0.15) is 4.68 Å². The van der Waals surface area contributed by atoms with E-state index in [9.17, 15) is 4.79 Å². The predicted molar refractivity (Wildman–Crippen MR) is 86.4 cm³/mol. The molecule has 0 atom stereocenters. The summed E-state index contributed by atoms with van der Waals surface area (Å²) in [6.45, 7) is 3.25. The lowest BCUT2D eigenvalue weighted by atomic mass is 10.1. The molecule has 1 aromatic heterocycles. The highest BCUT2D eigenvalue weighted by atomic mass is 16.1. The molecule has 1 heterocycles. The first-order chi connectivity index (χ1) is 10.6. The molecule has 0 spiro atoms. The van der Waals surface area contributed by atoms with Crippen molar-refractivity contribution >= 4 is 10.9 Å². The van der Waals surface area contributed by atoms with Crippen LogP contribution in [0.15, 0.2) is 53.3 Å². The summed E-state index contributed by atoms with van der Waals surface area (Å²) >= 11 is 0. The fourth-order valence-electron chi connectivity index (χ4n) is 2.47. The summed E-state index contributed by atoms with van der Waals surface area (Å²) in [6, 6.07) is 15.5. The Kier molecular flexibility index (Phi) is 3.98. The molecule has 0 unspecified atom stereocenters. The van der Waals surface area contributed by atoms with Crippen molar-refractivity contribution in [2.24, 2.45) is 0 Å². The molecule has 0 N–H and O–H groups in total. The molecular formula is C17H18N4O.